The fourth-order valence-electron chi connectivity index (χ4n) is 2.95. The molecule has 0 radical (unpaired) electrons. The summed E-state index contributed by atoms with van der Waals surface area (Å²) in [5.74, 6) is 2.82. The molecule has 4 heteroatoms. The second-order valence-electron chi connectivity index (χ2n) is 7.47. The maximum atomic E-state index is 4.64. The fourth-order valence-corrected chi connectivity index (χ4v) is 2.95. The molecule has 1 aliphatic rings. The molecular formula is C16H30N4. The molecule has 4 nitrogen and oxygen atoms in total. The fraction of sp³-hybridized carbons (Fsp3) is 0.812. The van der Waals surface area contributed by atoms with Crippen molar-refractivity contribution < 1.29 is 0 Å². The van der Waals surface area contributed by atoms with Gasteiger partial charge in [-0.05, 0) is 39.5 Å². The van der Waals surface area contributed by atoms with E-state index in [1.54, 1.807) is 0 Å². The van der Waals surface area contributed by atoms with Crippen LogP contribution in [0.15, 0.2) is 0 Å². The molecule has 0 spiro atoms. The number of nitrogens with one attached hydrogen (secondary N) is 1. The number of aromatic nitrogens is 2. The van der Waals surface area contributed by atoms with E-state index in [-0.39, 0.29) is 5.54 Å². The van der Waals surface area contributed by atoms with Gasteiger partial charge in [0.15, 0.2) is 0 Å². The zero-order valence-corrected chi connectivity index (χ0v) is 14.1. The lowest BCUT2D eigenvalue weighted by atomic mass is 10.0. The molecule has 1 fully saturated rings. The van der Waals surface area contributed by atoms with Crippen molar-refractivity contribution >= 4 is 5.82 Å². The van der Waals surface area contributed by atoms with Gasteiger partial charge in [0.05, 0.1) is 5.69 Å². The van der Waals surface area contributed by atoms with Crippen LogP contribution in [0.2, 0.25) is 0 Å². The van der Waals surface area contributed by atoms with E-state index >= 15 is 0 Å². The Kier molecular flexibility index (Phi) is 4.14. The first-order valence-electron chi connectivity index (χ1n) is 7.71. The van der Waals surface area contributed by atoms with Gasteiger partial charge in [0.1, 0.15) is 5.82 Å². The molecule has 2 rings (SSSR count). The van der Waals surface area contributed by atoms with Crippen molar-refractivity contribution in [3.05, 3.63) is 11.3 Å². The Morgan fingerprint density at radius 1 is 1.20 bits per heavy atom. The molecule has 1 aromatic rings. The zero-order valence-electron chi connectivity index (χ0n) is 14.1. The van der Waals surface area contributed by atoms with Gasteiger partial charge in [0, 0.05) is 37.8 Å². The highest BCUT2D eigenvalue weighted by Gasteiger charge is 2.30. The molecule has 1 N–H and O–H groups in total. The second kappa shape index (κ2) is 5.40. The Labute approximate surface area is 123 Å². The minimum Gasteiger partial charge on any atom is -0.356 e. The third-order valence-corrected chi connectivity index (χ3v) is 4.40. The van der Waals surface area contributed by atoms with E-state index < -0.39 is 0 Å². The van der Waals surface area contributed by atoms with Crippen LogP contribution < -0.4 is 10.2 Å². The summed E-state index contributed by atoms with van der Waals surface area (Å²) in [6.07, 6.45) is 0. The van der Waals surface area contributed by atoms with Gasteiger partial charge in [0.25, 0.3) is 0 Å². The van der Waals surface area contributed by atoms with Crippen molar-refractivity contribution in [3.8, 4) is 0 Å². The van der Waals surface area contributed by atoms with E-state index in [1.165, 1.54) is 11.4 Å². The summed E-state index contributed by atoms with van der Waals surface area (Å²) in [7, 11) is 2.07. The smallest absolute Gasteiger partial charge is 0.131 e. The van der Waals surface area contributed by atoms with Gasteiger partial charge in [-0.15, -0.1) is 0 Å². The van der Waals surface area contributed by atoms with Crippen LogP contribution in [-0.2, 0) is 13.6 Å². The molecule has 2 heterocycles. The predicted molar refractivity (Wildman–Crippen MR) is 85.1 cm³/mol. The molecule has 0 bridgehead atoms. The van der Waals surface area contributed by atoms with Crippen LogP contribution in [0.3, 0.4) is 0 Å². The monoisotopic (exact) mass is 278 g/mol. The minimum absolute atomic E-state index is 0.130. The summed E-state index contributed by atoms with van der Waals surface area (Å²) in [6.45, 7) is 16.6. The van der Waals surface area contributed by atoms with Gasteiger partial charge in [-0.25, -0.2) is 0 Å². The van der Waals surface area contributed by atoms with E-state index in [1.807, 2.05) is 0 Å². The highest BCUT2D eigenvalue weighted by atomic mass is 15.4. The van der Waals surface area contributed by atoms with Crippen molar-refractivity contribution in [3.63, 3.8) is 0 Å². The van der Waals surface area contributed by atoms with Crippen molar-refractivity contribution in [1.82, 2.24) is 15.1 Å². The Morgan fingerprint density at radius 3 is 2.25 bits per heavy atom. The standard InChI is InChI=1S/C16H30N4/c1-11-9-20(10-12(11)2)15-14(8-17-16(4,5)6)13(3)18-19(15)7/h11-12,17H,8-10H2,1-7H3. The number of rotatable bonds is 3. The zero-order chi connectivity index (χ0) is 15.1. The van der Waals surface area contributed by atoms with Crippen LogP contribution in [0.25, 0.3) is 0 Å². The lowest BCUT2D eigenvalue weighted by Gasteiger charge is -2.24. The lowest BCUT2D eigenvalue weighted by Crippen LogP contribution is -2.36. The molecular weight excluding hydrogens is 248 g/mol. The molecule has 114 valence electrons. The first-order valence-corrected chi connectivity index (χ1v) is 7.71. The molecule has 2 unspecified atom stereocenters. The Balaban J connectivity index is 2.24. The van der Waals surface area contributed by atoms with Gasteiger partial charge < -0.3 is 10.2 Å². The number of nitrogens with zero attached hydrogens (tertiary/aromatic N) is 3. The summed E-state index contributed by atoms with van der Waals surface area (Å²) in [5, 5.41) is 8.24. The molecule has 0 amide bonds. The van der Waals surface area contributed by atoms with Gasteiger partial charge in [-0.2, -0.15) is 5.10 Å². The number of aryl methyl sites for hydroxylation is 2. The van der Waals surface area contributed by atoms with Gasteiger partial charge in [-0.3, -0.25) is 4.68 Å². The number of hydrogen-bond donors (Lipinski definition) is 1. The minimum atomic E-state index is 0.130. The van der Waals surface area contributed by atoms with Crippen LogP contribution in [0.1, 0.15) is 45.9 Å². The Morgan fingerprint density at radius 2 is 1.75 bits per heavy atom. The lowest BCUT2D eigenvalue weighted by molar-refractivity contribution is 0.424. The van der Waals surface area contributed by atoms with E-state index in [0.29, 0.717) is 0 Å². The van der Waals surface area contributed by atoms with E-state index in [0.717, 1.165) is 37.2 Å². The predicted octanol–water partition coefficient (Wildman–Crippen LogP) is 2.71. The molecule has 0 aliphatic carbocycles. The maximum Gasteiger partial charge on any atom is 0.131 e. The molecule has 0 aromatic carbocycles. The summed E-state index contributed by atoms with van der Waals surface area (Å²) in [4.78, 5) is 2.51. The first-order chi connectivity index (χ1) is 9.19. The normalized spacial score (nSPS) is 23.6. The van der Waals surface area contributed by atoms with Crippen LogP contribution in [0, 0.1) is 18.8 Å². The molecule has 2 atom stereocenters. The maximum absolute atomic E-state index is 4.64. The average Bonchev–Trinajstić information content (AvgIpc) is 2.76. The Hall–Kier alpha value is -1.03. The van der Waals surface area contributed by atoms with Crippen molar-refractivity contribution in [2.24, 2.45) is 18.9 Å². The largest absolute Gasteiger partial charge is 0.356 e. The molecule has 20 heavy (non-hydrogen) atoms. The highest BCUT2D eigenvalue weighted by molar-refractivity contribution is 5.51. The van der Waals surface area contributed by atoms with E-state index in [2.05, 4.69) is 68.6 Å². The SMILES string of the molecule is Cc1nn(C)c(N2CC(C)C(C)C2)c1CNC(C)(C)C. The summed E-state index contributed by atoms with van der Waals surface area (Å²) >= 11 is 0. The second-order valence-corrected chi connectivity index (χ2v) is 7.47. The van der Waals surface area contributed by atoms with E-state index in [4.69, 9.17) is 0 Å². The van der Waals surface area contributed by atoms with Crippen LogP contribution >= 0.6 is 0 Å². The van der Waals surface area contributed by atoms with Gasteiger partial charge in [-0.1, -0.05) is 13.8 Å². The molecule has 1 saturated heterocycles. The average molecular weight is 278 g/mol. The summed E-state index contributed by atoms with van der Waals surface area (Å²) in [6, 6.07) is 0. The van der Waals surface area contributed by atoms with E-state index in [9.17, 15) is 0 Å². The molecule has 1 aliphatic heterocycles. The third kappa shape index (κ3) is 3.17. The molecule has 1 aromatic heterocycles. The summed E-state index contributed by atoms with van der Waals surface area (Å²) in [5.41, 5.74) is 2.63. The van der Waals surface area contributed by atoms with Crippen molar-refractivity contribution in [2.45, 2.75) is 53.6 Å². The molecule has 0 saturated carbocycles. The van der Waals surface area contributed by atoms with Crippen LogP contribution in [0.4, 0.5) is 5.82 Å². The van der Waals surface area contributed by atoms with Gasteiger partial charge in [0.2, 0.25) is 0 Å². The number of hydrogen-bond acceptors (Lipinski definition) is 3. The topological polar surface area (TPSA) is 33.1 Å². The Bertz CT molecular complexity index is 460. The van der Waals surface area contributed by atoms with Crippen LogP contribution in [-0.4, -0.2) is 28.4 Å². The third-order valence-electron chi connectivity index (χ3n) is 4.40. The highest BCUT2D eigenvalue weighted by Crippen LogP contribution is 2.31. The van der Waals surface area contributed by atoms with Crippen molar-refractivity contribution in [1.29, 1.82) is 0 Å². The van der Waals surface area contributed by atoms with Crippen molar-refractivity contribution in [2.75, 3.05) is 18.0 Å². The van der Waals surface area contributed by atoms with Gasteiger partial charge >= 0.3 is 0 Å². The summed E-state index contributed by atoms with van der Waals surface area (Å²) < 4.78 is 2.06. The van der Waals surface area contributed by atoms with Crippen LogP contribution in [0.5, 0.6) is 0 Å². The quantitative estimate of drug-likeness (QED) is 0.923. The first kappa shape index (κ1) is 15.4. The number of anilines is 1.